The Bertz CT molecular complexity index is 594. The molecule has 0 saturated carbocycles. The summed E-state index contributed by atoms with van der Waals surface area (Å²) in [6, 6.07) is 9.98. The van der Waals surface area contributed by atoms with Crippen molar-refractivity contribution in [3.8, 4) is 0 Å². The van der Waals surface area contributed by atoms with E-state index in [0.717, 1.165) is 25.1 Å². The van der Waals surface area contributed by atoms with Gasteiger partial charge in [-0.15, -0.1) is 0 Å². The van der Waals surface area contributed by atoms with Gasteiger partial charge in [0, 0.05) is 39.3 Å². The smallest absolute Gasteiger partial charge is 0.236 e. The van der Waals surface area contributed by atoms with E-state index in [9.17, 15) is 9.59 Å². The summed E-state index contributed by atoms with van der Waals surface area (Å²) in [6.45, 7) is 8.05. The van der Waals surface area contributed by atoms with Crippen LogP contribution in [0, 0.1) is 0 Å². The van der Waals surface area contributed by atoms with Crippen molar-refractivity contribution < 1.29 is 14.3 Å². The number of ether oxygens (including phenoxy) is 1. The van der Waals surface area contributed by atoms with Gasteiger partial charge in [-0.1, -0.05) is 37.3 Å². The molecule has 6 nitrogen and oxygen atoms in total. The minimum absolute atomic E-state index is 0.0909. The number of morpholine rings is 1. The van der Waals surface area contributed by atoms with E-state index in [1.54, 1.807) is 0 Å². The molecule has 6 heteroatoms. The molecule has 0 radical (unpaired) electrons. The van der Waals surface area contributed by atoms with Gasteiger partial charge in [-0.05, 0) is 12.0 Å². The Morgan fingerprint density at radius 3 is 2.19 bits per heavy atom. The van der Waals surface area contributed by atoms with E-state index in [1.165, 1.54) is 0 Å². The Hall–Kier alpha value is -1.92. The maximum Gasteiger partial charge on any atom is 0.236 e. The summed E-state index contributed by atoms with van der Waals surface area (Å²) in [6.07, 6.45) is 0.791. The second-order valence-corrected chi connectivity index (χ2v) is 6.97. The number of rotatable bonds is 5. The number of carbonyl (C=O) groups is 2. The van der Waals surface area contributed by atoms with Gasteiger partial charge in [0.2, 0.25) is 11.8 Å². The summed E-state index contributed by atoms with van der Waals surface area (Å²) < 4.78 is 5.33. The van der Waals surface area contributed by atoms with E-state index in [0.29, 0.717) is 45.9 Å². The van der Waals surface area contributed by atoms with Crippen LogP contribution >= 0.6 is 0 Å². The SMILES string of the molecule is CCC(C(=O)N1CCN(C(=O)CN2CCOCC2)CC1)c1ccccc1. The Morgan fingerprint density at radius 1 is 0.962 bits per heavy atom. The Morgan fingerprint density at radius 2 is 1.58 bits per heavy atom. The lowest BCUT2D eigenvalue weighted by molar-refractivity contribution is -0.141. The number of carbonyl (C=O) groups excluding carboxylic acids is 2. The van der Waals surface area contributed by atoms with Crippen molar-refractivity contribution in [2.75, 3.05) is 59.0 Å². The molecule has 1 aromatic rings. The van der Waals surface area contributed by atoms with Gasteiger partial charge in [-0.3, -0.25) is 14.5 Å². The van der Waals surface area contributed by atoms with Crippen LogP contribution in [0.15, 0.2) is 30.3 Å². The van der Waals surface area contributed by atoms with E-state index in [-0.39, 0.29) is 17.7 Å². The fourth-order valence-corrected chi connectivity index (χ4v) is 3.69. The molecular weight excluding hydrogens is 330 g/mol. The minimum atomic E-state index is -0.0909. The Labute approximate surface area is 155 Å². The highest BCUT2D eigenvalue weighted by Crippen LogP contribution is 2.22. The minimum Gasteiger partial charge on any atom is -0.379 e. The van der Waals surface area contributed by atoms with Crippen LogP contribution in [0.25, 0.3) is 0 Å². The summed E-state index contributed by atoms with van der Waals surface area (Å²) in [5.74, 6) is 0.250. The number of amides is 2. The standard InChI is InChI=1S/C20H29N3O3/c1-2-18(17-6-4-3-5-7-17)20(25)23-10-8-22(9-11-23)19(24)16-21-12-14-26-15-13-21/h3-7,18H,2,8-16H2,1H3. The number of nitrogens with zero attached hydrogens (tertiary/aromatic N) is 3. The summed E-state index contributed by atoms with van der Waals surface area (Å²) in [5, 5.41) is 0. The van der Waals surface area contributed by atoms with E-state index in [4.69, 9.17) is 4.74 Å². The van der Waals surface area contributed by atoms with Gasteiger partial charge in [0.15, 0.2) is 0 Å². The highest BCUT2D eigenvalue weighted by atomic mass is 16.5. The van der Waals surface area contributed by atoms with E-state index in [1.807, 2.05) is 40.1 Å². The largest absolute Gasteiger partial charge is 0.379 e. The topological polar surface area (TPSA) is 53.1 Å². The number of benzene rings is 1. The average molecular weight is 359 g/mol. The molecule has 0 aliphatic carbocycles. The van der Waals surface area contributed by atoms with Gasteiger partial charge in [0.25, 0.3) is 0 Å². The molecule has 1 aromatic carbocycles. The zero-order chi connectivity index (χ0) is 18.4. The van der Waals surface area contributed by atoms with E-state index >= 15 is 0 Å². The highest BCUT2D eigenvalue weighted by molar-refractivity contribution is 5.84. The lowest BCUT2D eigenvalue weighted by Gasteiger charge is -2.37. The van der Waals surface area contributed by atoms with Crippen LogP contribution in [0.2, 0.25) is 0 Å². The molecule has 2 heterocycles. The molecule has 2 amide bonds. The van der Waals surface area contributed by atoms with Crippen LogP contribution in [0.4, 0.5) is 0 Å². The van der Waals surface area contributed by atoms with Crippen LogP contribution in [-0.4, -0.2) is 85.5 Å². The number of hydrogen-bond acceptors (Lipinski definition) is 4. The molecule has 1 unspecified atom stereocenters. The number of piperazine rings is 1. The molecule has 0 aromatic heterocycles. The third kappa shape index (κ3) is 4.62. The molecule has 2 fully saturated rings. The van der Waals surface area contributed by atoms with Gasteiger partial charge in [0.1, 0.15) is 0 Å². The van der Waals surface area contributed by atoms with Crippen LogP contribution in [-0.2, 0) is 14.3 Å². The third-order valence-electron chi connectivity index (χ3n) is 5.31. The molecule has 0 spiro atoms. The van der Waals surface area contributed by atoms with Crippen LogP contribution < -0.4 is 0 Å². The van der Waals surface area contributed by atoms with Crippen molar-refractivity contribution in [3.05, 3.63) is 35.9 Å². The van der Waals surface area contributed by atoms with Crippen LogP contribution in [0.1, 0.15) is 24.8 Å². The first-order chi connectivity index (χ1) is 12.7. The van der Waals surface area contributed by atoms with Crippen LogP contribution in [0.5, 0.6) is 0 Å². The first kappa shape index (κ1) is 18.9. The van der Waals surface area contributed by atoms with E-state index < -0.39 is 0 Å². The van der Waals surface area contributed by atoms with Crippen molar-refractivity contribution in [1.82, 2.24) is 14.7 Å². The first-order valence-electron chi connectivity index (χ1n) is 9.60. The maximum absolute atomic E-state index is 12.9. The summed E-state index contributed by atoms with van der Waals surface area (Å²) in [4.78, 5) is 31.4. The van der Waals surface area contributed by atoms with Gasteiger partial charge >= 0.3 is 0 Å². The second kappa shape index (κ2) is 9.14. The molecule has 142 valence electrons. The lowest BCUT2D eigenvalue weighted by atomic mass is 9.95. The zero-order valence-electron chi connectivity index (χ0n) is 15.6. The fraction of sp³-hybridized carbons (Fsp3) is 0.600. The van der Waals surface area contributed by atoms with Crippen molar-refractivity contribution >= 4 is 11.8 Å². The molecule has 0 bridgehead atoms. The lowest BCUT2D eigenvalue weighted by Crippen LogP contribution is -2.54. The van der Waals surface area contributed by atoms with E-state index in [2.05, 4.69) is 11.8 Å². The predicted molar refractivity (Wildman–Crippen MR) is 99.9 cm³/mol. The first-order valence-corrected chi connectivity index (χ1v) is 9.60. The normalized spacial score (nSPS) is 20.0. The number of hydrogen-bond donors (Lipinski definition) is 0. The molecule has 1 atom stereocenters. The van der Waals surface area contributed by atoms with Crippen molar-refractivity contribution in [2.24, 2.45) is 0 Å². The fourth-order valence-electron chi connectivity index (χ4n) is 3.69. The molecular formula is C20H29N3O3. The highest BCUT2D eigenvalue weighted by Gasteiger charge is 2.29. The zero-order valence-corrected chi connectivity index (χ0v) is 15.6. The van der Waals surface area contributed by atoms with Crippen molar-refractivity contribution in [1.29, 1.82) is 0 Å². The molecule has 2 aliphatic rings. The monoisotopic (exact) mass is 359 g/mol. The Kier molecular flexibility index (Phi) is 6.63. The molecule has 2 aliphatic heterocycles. The molecule has 0 N–H and O–H groups in total. The maximum atomic E-state index is 12.9. The second-order valence-electron chi connectivity index (χ2n) is 6.97. The molecule has 26 heavy (non-hydrogen) atoms. The quantitative estimate of drug-likeness (QED) is 0.792. The van der Waals surface area contributed by atoms with Crippen molar-refractivity contribution in [2.45, 2.75) is 19.3 Å². The van der Waals surface area contributed by atoms with Crippen molar-refractivity contribution in [3.63, 3.8) is 0 Å². The average Bonchev–Trinajstić information content (AvgIpc) is 2.70. The Balaban J connectivity index is 1.51. The summed E-state index contributed by atoms with van der Waals surface area (Å²) in [5.41, 5.74) is 1.07. The predicted octanol–water partition coefficient (Wildman–Crippen LogP) is 1.18. The van der Waals surface area contributed by atoms with Crippen LogP contribution in [0.3, 0.4) is 0 Å². The third-order valence-corrected chi connectivity index (χ3v) is 5.31. The summed E-state index contributed by atoms with van der Waals surface area (Å²) in [7, 11) is 0. The van der Waals surface area contributed by atoms with Gasteiger partial charge in [-0.25, -0.2) is 0 Å². The molecule has 3 rings (SSSR count). The van der Waals surface area contributed by atoms with Gasteiger partial charge in [-0.2, -0.15) is 0 Å². The molecule has 2 saturated heterocycles. The van der Waals surface area contributed by atoms with Gasteiger partial charge in [0.05, 0.1) is 25.7 Å². The summed E-state index contributed by atoms with van der Waals surface area (Å²) >= 11 is 0. The van der Waals surface area contributed by atoms with Gasteiger partial charge < -0.3 is 14.5 Å².